The van der Waals surface area contributed by atoms with Crippen LogP contribution in [0.25, 0.3) is 11.3 Å². The van der Waals surface area contributed by atoms with Crippen LogP contribution in [0, 0.1) is 18.7 Å². The van der Waals surface area contributed by atoms with Crippen LogP contribution >= 0.6 is 0 Å². The lowest BCUT2D eigenvalue weighted by Crippen LogP contribution is -2.36. The third kappa shape index (κ3) is 5.48. The van der Waals surface area contributed by atoms with Crippen LogP contribution in [0.5, 0.6) is 0 Å². The first-order valence-electron chi connectivity index (χ1n) is 12.2. The fourth-order valence-corrected chi connectivity index (χ4v) is 5.33. The largest absolute Gasteiger partial charge is 0.416 e. The zero-order valence-electron chi connectivity index (χ0n) is 19.4. The first-order chi connectivity index (χ1) is 16.1. The van der Waals surface area contributed by atoms with E-state index in [9.17, 15) is 27.5 Å². The number of halogens is 4. The van der Waals surface area contributed by atoms with Crippen molar-refractivity contribution in [2.45, 2.75) is 89.6 Å². The number of carbonyl (C=O) groups excluding carboxylic acids is 1. The van der Waals surface area contributed by atoms with Crippen molar-refractivity contribution in [3.8, 4) is 11.3 Å². The van der Waals surface area contributed by atoms with Crippen LogP contribution in [0.2, 0.25) is 0 Å². The second-order valence-corrected chi connectivity index (χ2v) is 9.81. The zero-order chi connectivity index (χ0) is 24.5. The minimum absolute atomic E-state index is 0.0811. The van der Waals surface area contributed by atoms with Crippen molar-refractivity contribution in [2.75, 3.05) is 0 Å². The summed E-state index contributed by atoms with van der Waals surface area (Å²) in [5.74, 6) is -0.836. The monoisotopic (exact) mass is 480 g/mol. The number of hydrogen-bond donors (Lipinski definition) is 2. The second-order valence-electron chi connectivity index (χ2n) is 9.81. The fraction of sp³-hybridized carbons (Fsp3) is 0.577. The van der Waals surface area contributed by atoms with Crippen LogP contribution in [-0.4, -0.2) is 27.7 Å². The molecule has 0 bridgehead atoms. The molecule has 2 N–H and O–H groups in total. The van der Waals surface area contributed by atoms with Gasteiger partial charge >= 0.3 is 6.18 Å². The van der Waals surface area contributed by atoms with Gasteiger partial charge < -0.3 is 15.0 Å². The average Bonchev–Trinajstić information content (AvgIpc) is 3.11. The smallest absolute Gasteiger partial charge is 0.393 e. The van der Waals surface area contributed by atoms with E-state index in [0.717, 1.165) is 63.1 Å². The van der Waals surface area contributed by atoms with Gasteiger partial charge in [0.2, 0.25) is 0 Å². The Balaban J connectivity index is 1.72. The average molecular weight is 481 g/mol. The molecule has 1 heterocycles. The first-order valence-corrected chi connectivity index (χ1v) is 12.2. The Kier molecular flexibility index (Phi) is 7.36. The summed E-state index contributed by atoms with van der Waals surface area (Å²) in [6.45, 7) is 2.22. The maximum absolute atomic E-state index is 14.9. The van der Waals surface area contributed by atoms with Gasteiger partial charge in [0.25, 0.3) is 5.91 Å². The molecule has 0 saturated heterocycles. The highest BCUT2D eigenvalue weighted by Gasteiger charge is 2.32. The van der Waals surface area contributed by atoms with E-state index >= 15 is 0 Å². The minimum atomic E-state index is -4.60. The molecular formula is C26H32F4N2O2. The van der Waals surface area contributed by atoms with Crippen molar-refractivity contribution in [3.05, 3.63) is 46.9 Å². The number of aliphatic hydroxyl groups is 1. The highest BCUT2D eigenvalue weighted by atomic mass is 19.4. The number of benzene rings is 1. The van der Waals surface area contributed by atoms with Crippen LogP contribution in [0.15, 0.2) is 24.3 Å². The van der Waals surface area contributed by atoms with Gasteiger partial charge in [-0.25, -0.2) is 4.39 Å². The number of carbonyl (C=O) groups is 1. The zero-order valence-corrected chi connectivity index (χ0v) is 19.4. The van der Waals surface area contributed by atoms with Gasteiger partial charge in [-0.2, -0.15) is 13.2 Å². The number of nitrogens with one attached hydrogen (secondary N) is 1. The summed E-state index contributed by atoms with van der Waals surface area (Å²) in [7, 11) is 0. The van der Waals surface area contributed by atoms with E-state index in [2.05, 4.69) is 5.32 Å². The minimum Gasteiger partial charge on any atom is -0.393 e. The molecule has 2 saturated carbocycles. The van der Waals surface area contributed by atoms with Crippen molar-refractivity contribution in [2.24, 2.45) is 5.92 Å². The number of amides is 1. The molecule has 1 amide bonds. The quantitative estimate of drug-likeness (QED) is 0.498. The van der Waals surface area contributed by atoms with E-state index in [4.69, 9.17) is 0 Å². The number of alkyl halides is 3. The highest BCUT2D eigenvalue weighted by Crippen LogP contribution is 2.36. The van der Waals surface area contributed by atoms with Crippen LogP contribution in [0.3, 0.4) is 0 Å². The van der Waals surface area contributed by atoms with Gasteiger partial charge in [0, 0.05) is 23.8 Å². The van der Waals surface area contributed by atoms with Crippen molar-refractivity contribution < 1.29 is 27.5 Å². The summed E-state index contributed by atoms with van der Waals surface area (Å²) >= 11 is 0. The molecule has 1 aromatic heterocycles. The Morgan fingerprint density at radius 3 is 2.38 bits per heavy atom. The summed E-state index contributed by atoms with van der Waals surface area (Å²) in [5.41, 5.74) is 0.175. The van der Waals surface area contributed by atoms with Crippen LogP contribution in [0.4, 0.5) is 17.6 Å². The molecule has 2 aromatic rings. The summed E-state index contributed by atoms with van der Waals surface area (Å²) in [6, 6.07) is 4.01. The molecule has 1 aromatic carbocycles. The van der Waals surface area contributed by atoms with Gasteiger partial charge in [-0.05, 0) is 75.6 Å². The van der Waals surface area contributed by atoms with Gasteiger partial charge in [-0.3, -0.25) is 4.79 Å². The molecule has 2 aliphatic carbocycles. The molecule has 0 atom stereocenters. The Morgan fingerprint density at radius 2 is 1.74 bits per heavy atom. The maximum atomic E-state index is 14.9. The normalized spacial score (nSPS) is 22.1. The molecule has 0 radical (unpaired) electrons. The molecule has 2 aliphatic rings. The van der Waals surface area contributed by atoms with E-state index in [1.165, 1.54) is 6.07 Å². The lowest BCUT2D eigenvalue weighted by molar-refractivity contribution is -0.137. The number of aliphatic hydroxyl groups excluding tert-OH is 1. The van der Waals surface area contributed by atoms with Crippen molar-refractivity contribution >= 4 is 5.91 Å². The number of hydrogen-bond acceptors (Lipinski definition) is 2. The maximum Gasteiger partial charge on any atom is 0.416 e. The van der Waals surface area contributed by atoms with E-state index in [0.29, 0.717) is 30.6 Å². The van der Waals surface area contributed by atoms with E-state index in [1.807, 2.05) is 0 Å². The van der Waals surface area contributed by atoms with E-state index in [1.54, 1.807) is 11.5 Å². The summed E-state index contributed by atoms with van der Waals surface area (Å²) in [6.07, 6.45) is 3.00. The van der Waals surface area contributed by atoms with Gasteiger partial charge in [0.15, 0.2) is 0 Å². The van der Waals surface area contributed by atoms with Gasteiger partial charge in [0.1, 0.15) is 5.82 Å². The molecule has 4 nitrogen and oxygen atoms in total. The SMILES string of the molecule is Cc1c(C(=O)NC2CCCCC2)cc(-c2cc(C(F)(F)F)ccc2F)n1C[C@H]1CC[C@H](O)CC1. The van der Waals surface area contributed by atoms with E-state index < -0.39 is 17.6 Å². The molecule has 8 heteroatoms. The molecule has 186 valence electrons. The Morgan fingerprint density at radius 1 is 1.06 bits per heavy atom. The fourth-order valence-electron chi connectivity index (χ4n) is 5.33. The van der Waals surface area contributed by atoms with Gasteiger partial charge in [0.05, 0.1) is 22.9 Å². The van der Waals surface area contributed by atoms with Crippen molar-refractivity contribution in [3.63, 3.8) is 0 Å². The number of rotatable bonds is 5. The Labute approximate surface area is 197 Å². The lowest BCUT2D eigenvalue weighted by atomic mass is 9.87. The van der Waals surface area contributed by atoms with Crippen molar-refractivity contribution in [1.29, 1.82) is 0 Å². The molecule has 0 spiro atoms. The lowest BCUT2D eigenvalue weighted by Gasteiger charge is -2.27. The third-order valence-electron chi connectivity index (χ3n) is 7.38. The summed E-state index contributed by atoms with van der Waals surface area (Å²) < 4.78 is 56.8. The summed E-state index contributed by atoms with van der Waals surface area (Å²) in [5, 5.41) is 12.9. The topological polar surface area (TPSA) is 54.3 Å². The molecule has 4 rings (SSSR count). The van der Waals surface area contributed by atoms with E-state index in [-0.39, 0.29) is 35.2 Å². The second kappa shape index (κ2) is 10.1. The van der Waals surface area contributed by atoms with Crippen LogP contribution < -0.4 is 5.32 Å². The van der Waals surface area contributed by atoms with Crippen molar-refractivity contribution in [1.82, 2.24) is 9.88 Å². The Bertz CT molecular complexity index is 1020. The van der Waals surface area contributed by atoms with Crippen LogP contribution in [0.1, 0.15) is 79.4 Å². The standard InChI is InChI=1S/C26H32F4N2O2/c1-16-21(25(34)31-19-5-3-2-4-6-19)14-24(32(16)15-17-7-10-20(33)11-8-17)22-13-18(26(28,29)30)9-12-23(22)27/h9,12-14,17,19-20,33H,2-8,10-11,15H2,1H3,(H,31,34)/t17-,20-. The third-order valence-corrected chi connectivity index (χ3v) is 7.38. The number of nitrogens with zero attached hydrogens (tertiary/aromatic N) is 1. The molecule has 0 aliphatic heterocycles. The Hall–Kier alpha value is -2.35. The predicted octanol–water partition coefficient (Wildman–Crippen LogP) is 6.24. The highest BCUT2D eigenvalue weighted by molar-refractivity contribution is 5.97. The van der Waals surface area contributed by atoms with Crippen LogP contribution in [-0.2, 0) is 12.7 Å². The van der Waals surface area contributed by atoms with Gasteiger partial charge in [-0.15, -0.1) is 0 Å². The molecule has 0 unspecified atom stereocenters. The molecule has 2 fully saturated rings. The predicted molar refractivity (Wildman–Crippen MR) is 122 cm³/mol. The molecular weight excluding hydrogens is 448 g/mol. The molecule has 34 heavy (non-hydrogen) atoms. The first kappa shape index (κ1) is 24.8. The number of aromatic nitrogens is 1. The summed E-state index contributed by atoms with van der Waals surface area (Å²) in [4.78, 5) is 13.1. The van der Waals surface area contributed by atoms with Gasteiger partial charge in [-0.1, -0.05) is 19.3 Å².